The fraction of sp³-hybridized carbons (Fsp3) is 0.267. The van der Waals surface area contributed by atoms with Gasteiger partial charge in [-0.1, -0.05) is 29.4 Å². The van der Waals surface area contributed by atoms with Crippen molar-refractivity contribution in [3.63, 3.8) is 0 Å². The summed E-state index contributed by atoms with van der Waals surface area (Å²) in [7, 11) is 0. The Balaban J connectivity index is 1.92. The van der Waals surface area contributed by atoms with Crippen molar-refractivity contribution in [1.29, 1.82) is 0 Å². The van der Waals surface area contributed by atoms with E-state index >= 15 is 0 Å². The van der Waals surface area contributed by atoms with Gasteiger partial charge in [-0.05, 0) is 24.3 Å². The molecule has 1 saturated heterocycles. The van der Waals surface area contributed by atoms with Gasteiger partial charge in [0.25, 0.3) is 0 Å². The van der Waals surface area contributed by atoms with Crippen LogP contribution in [0.1, 0.15) is 6.42 Å². The number of benzene rings is 1. The van der Waals surface area contributed by atoms with Crippen LogP contribution in [0.5, 0.6) is 0 Å². The van der Waals surface area contributed by atoms with Gasteiger partial charge in [-0.3, -0.25) is 9.36 Å². The molecule has 0 N–H and O–H groups in total. The third-order valence-corrected chi connectivity index (χ3v) is 4.74. The molecule has 1 aromatic heterocycles. The van der Waals surface area contributed by atoms with E-state index in [-0.39, 0.29) is 11.2 Å². The van der Waals surface area contributed by atoms with E-state index in [1.165, 1.54) is 11.8 Å². The van der Waals surface area contributed by atoms with Gasteiger partial charge < -0.3 is 4.74 Å². The second-order valence-electron chi connectivity index (χ2n) is 4.78. The first-order valence-corrected chi connectivity index (χ1v) is 8.08. The van der Waals surface area contributed by atoms with Crippen LogP contribution in [0.25, 0.3) is 11.4 Å². The zero-order valence-electron chi connectivity index (χ0n) is 11.7. The summed E-state index contributed by atoms with van der Waals surface area (Å²) in [5.74, 6) is 0.539. The Bertz CT molecular complexity index is 699. The van der Waals surface area contributed by atoms with Crippen LogP contribution >= 0.6 is 23.4 Å². The van der Waals surface area contributed by atoms with Crippen molar-refractivity contribution in [1.82, 2.24) is 14.8 Å². The number of esters is 1. The van der Waals surface area contributed by atoms with E-state index < -0.39 is 0 Å². The van der Waals surface area contributed by atoms with Crippen LogP contribution in [0, 0.1) is 0 Å². The van der Waals surface area contributed by atoms with E-state index in [1.807, 2.05) is 28.8 Å². The molecule has 1 aliphatic rings. The average molecular weight is 336 g/mol. The number of hydrogen-bond donors (Lipinski definition) is 0. The minimum Gasteiger partial charge on any atom is -0.465 e. The molecule has 0 aliphatic carbocycles. The van der Waals surface area contributed by atoms with Crippen LogP contribution < -0.4 is 0 Å². The smallest absolute Gasteiger partial charge is 0.319 e. The minimum absolute atomic E-state index is 0.189. The quantitative estimate of drug-likeness (QED) is 0.620. The summed E-state index contributed by atoms with van der Waals surface area (Å²) in [5.41, 5.74) is 0.916. The summed E-state index contributed by atoms with van der Waals surface area (Å²) < 4.78 is 6.93. The van der Waals surface area contributed by atoms with E-state index in [9.17, 15) is 4.79 Å². The number of cyclic esters (lactones) is 1. The van der Waals surface area contributed by atoms with E-state index in [0.717, 1.165) is 11.4 Å². The van der Waals surface area contributed by atoms with Crippen LogP contribution in [-0.2, 0) is 16.1 Å². The Labute approximate surface area is 137 Å². The maximum absolute atomic E-state index is 11.6. The van der Waals surface area contributed by atoms with Gasteiger partial charge in [0.15, 0.2) is 11.0 Å². The summed E-state index contributed by atoms with van der Waals surface area (Å²) in [4.78, 5) is 11.6. The molecule has 7 heteroatoms. The lowest BCUT2D eigenvalue weighted by Crippen LogP contribution is -2.11. The highest BCUT2D eigenvalue weighted by molar-refractivity contribution is 8.00. The zero-order chi connectivity index (χ0) is 15.5. The van der Waals surface area contributed by atoms with Gasteiger partial charge in [-0.2, -0.15) is 0 Å². The number of hydrogen-bond acceptors (Lipinski definition) is 5. The molecule has 0 saturated carbocycles. The first-order chi connectivity index (χ1) is 10.7. The molecule has 0 spiro atoms. The van der Waals surface area contributed by atoms with E-state index in [2.05, 4.69) is 16.8 Å². The maximum atomic E-state index is 11.6. The van der Waals surface area contributed by atoms with Crippen molar-refractivity contribution in [3.05, 3.63) is 41.9 Å². The van der Waals surface area contributed by atoms with Gasteiger partial charge in [-0.15, -0.1) is 16.8 Å². The van der Waals surface area contributed by atoms with Gasteiger partial charge in [0.2, 0.25) is 0 Å². The van der Waals surface area contributed by atoms with Gasteiger partial charge in [0.1, 0.15) is 5.25 Å². The summed E-state index contributed by atoms with van der Waals surface area (Å²) in [6.45, 7) is 4.81. The molecule has 2 heterocycles. The SMILES string of the molecule is C=CCn1c(S[C@@H]2CCOC2=O)nnc1-c1ccc(Cl)cc1. The molecule has 0 unspecified atom stereocenters. The van der Waals surface area contributed by atoms with Crippen LogP contribution in [0.2, 0.25) is 5.02 Å². The fourth-order valence-electron chi connectivity index (χ4n) is 2.19. The highest BCUT2D eigenvalue weighted by atomic mass is 35.5. The molecule has 1 aliphatic heterocycles. The van der Waals surface area contributed by atoms with Crippen LogP contribution in [0.4, 0.5) is 0 Å². The number of rotatable bonds is 5. The molecular formula is C15H14ClN3O2S. The molecule has 0 amide bonds. The molecular weight excluding hydrogens is 322 g/mol. The van der Waals surface area contributed by atoms with Gasteiger partial charge in [-0.25, -0.2) is 0 Å². The summed E-state index contributed by atoms with van der Waals surface area (Å²) in [6.07, 6.45) is 2.47. The fourth-order valence-corrected chi connectivity index (χ4v) is 3.33. The number of ether oxygens (including phenoxy) is 1. The number of carbonyl (C=O) groups is 1. The van der Waals surface area contributed by atoms with Crippen molar-refractivity contribution < 1.29 is 9.53 Å². The maximum Gasteiger partial charge on any atom is 0.319 e. The van der Waals surface area contributed by atoms with Gasteiger partial charge >= 0.3 is 5.97 Å². The summed E-state index contributed by atoms with van der Waals surface area (Å²) >= 11 is 7.31. The van der Waals surface area contributed by atoms with Gasteiger partial charge in [0, 0.05) is 23.6 Å². The first kappa shape index (κ1) is 15.1. The molecule has 0 radical (unpaired) electrons. The largest absolute Gasteiger partial charge is 0.465 e. The molecule has 5 nitrogen and oxygen atoms in total. The Kier molecular flexibility index (Phi) is 4.49. The lowest BCUT2D eigenvalue weighted by Gasteiger charge is -2.09. The zero-order valence-corrected chi connectivity index (χ0v) is 13.3. The normalized spacial score (nSPS) is 17.5. The third kappa shape index (κ3) is 3.03. The lowest BCUT2D eigenvalue weighted by molar-refractivity contribution is -0.137. The predicted octanol–water partition coefficient (Wildman–Crippen LogP) is 3.19. The first-order valence-electron chi connectivity index (χ1n) is 6.82. The monoisotopic (exact) mass is 335 g/mol. The van der Waals surface area contributed by atoms with E-state index in [1.54, 1.807) is 6.08 Å². The molecule has 1 atom stereocenters. The third-order valence-electron chi connectivity index (χ3n) is 3.27. The van der Waals surface area contributed by atoms with Crippen molar-refractivity contribution in [2.45, 2.75) is 23.4 Å². The van der Waals surface area contributed by atoms with E-state index in [0.29, 0.717) is 29.8 Å². The number of thioether (sulfide) groups is 1. The second kappa shape index (κ2) is 6.54. The summed E-state index contributed by atoms with van der Waals surface area (Å²) in [5, 5.41) is 9.61. The Morgan fingerprint density at radius 2 is 2.18 bits per heavy atom. The highest BCUT2D eigenvalue weighted by Crippen LogP contribution is 2.31. The van der Waals surface area contributed by atoms with Gasteiger partial charge in [0.05, 0.1) is 6.61 Å². The van der Waals surface area contributed by atoms with Crippen LogP contribution in [-0.4, -0.2) is 32.6 Å². The number of aromatic nitrogens is 3. The van der Waals surface area contributed by atoms with Crippen LogP contribution in [0.3, 0.4) is 0 Å². The minimum atomic E-state index is -0.217. The molecule has 22 heavy (non-hydrogen) atoms. The number of carbonyl (C=O) groups excluding carboxylic acids is 1. The number of allylic oxidation sites excluding steroid dienone is 1. The predicted molar refractivity (Wildman–Crippen MR) is 85.9 cm³/mol. The molecule has 114 valence electrons. The Hall–Kier alpha value is -1.79. The Morgan fingerprint density at radius 1 is 1.41 bits per heavy atom. The van der Waals surface area contributed by atoms with Crippen LogP contribution in [0.15, 0.2) is 42.1 Å². The summed E-state index contributed by atoms with van der Waals surface area (Å²) in [6, 6.07) is 7.41. The number of nitrogens with zero attached hydrogens (tertiary/aromatic N) is 3. The van der Waals surface area contributed by atoms with Crippen molar-refractivity contribution >= 4 is 29.3 Å². The molecule has 3 rings (SSSR count). The highest BCUT2D eigenvalue weighted by Gasteiger charge is 2.29. The standard InChI is InChI=1S/C15H14ClN3O2S/c1-2-8-19-13(10-3-5-11(16)6-4-10)17-18-15(19)22-12-7-9-21-14(12)20/h2-6,12H,1,7-9H2/t12-/m1/s1. The van der Waals surface area contributed by atoms with E-state index in [4.69, 9.17) is 16.3 Å². The second-order valence-corrected chi connectivity index (χ2v) is 6.38. The van der Waals surface area contributed by atoms with Crippen molar-refractivity contribution in [2.24, 2.45) is 0 Å². The molecule has 2 aromatic rings. The van der Waals surface area contributed by atoms with Crippen molar-refractivity contribution in [2.75, 3.05) is 6.61 Å². The van der Waals surface area contributed by atoms with Crippen molar-refractivity contribution in [3.8, 4) is 11.4 Å². The topological polar surface area (TPSA) is 57.0 Å². The average Bonchev–Trinajstić information content (AvgIpc) is 3.09. The number of halogens is 1. The molecule has 1 fully saturated rings. The Morgan fingerprint density at radius 3 is 2.82 bits per heavy atom. The molecule has 0 bridgehead atoms. The lowest BCUT2D eigenvalue weighted by atomic mass is 10.2. The molecule has 1 aromatic carbocycles.